The summed E-state index contributed by atoms with van der Waals surface area (Å²) in [6.45, 7) is -0.00867. The van der Waals surface area contributed by atoms with Crippen LogP contribution >= 0.6 is 11.6 Å². The molecular weight excluding hydrogens is 343 g/mol. The zero-order valence-electron chi connectivity index (χ0n) is 12.7. The normalized spacial score (nSPS) is 12.7. The Kier molecular flexibility index (Phi) is 5.85. The maximum atomic E-state index is 13.0. The van der Waals surface area contributed by atoms with Gasteiger partial charge in [-0.2, -0.15) is 13.2 Å². The van der Waals surface area contributed by atoms with Gasteiger partial charge in [-0.25, -0.2) is 0 Å². The molecule has 0 saturated heterocycles. The summed E-state index contributed by atoms with van der Waals surface area (Å²) in [6, 6.07) is 11.5. The summed E-state index contributed by atoms with van der Waals surface area (Å²) in [6.07, 6.45) is -5.17. The number of hydrogen-bond donors (Lipinski definition) is 1. The number of ether oxygens (including phenoxy) is 1. The summed E-state index contributed by atoms with van der Waals surface area (Å²) >= 11 is 6.07. The average Bonchev–Trinajstić information content (AvgIpc) is 2.56. The van der Waals surface area contributed by atoms with Crippen molar-refractivity contribution >= 4 is 17.5 Å². The molecule has 0 heterocycles. The van der Waals surface area contributed by atoms with Crippen molar-refractivity contribution in [2.45, 2.75) is 12.3 Å². The topological polar surface area (TPSA) is 38.3 Å². The van der Waals surface area contributed by atoms with Crippen LogP contribution in [-0.4, -0.2) is 19.6 Å². The van der Waals surface area contributed by atoms with Gasteiger partial charge in [0.05, 0.1) is 11.1 Å². The monoisotopic (exact) mass is 357 g/mol. The number of alkyl halides is 3. The number of halogens is 4. The fourth-order valence-electron chi connectivity index (χ4n) is 2.27. The minimum atomic E-state index is -4.60. The van der Waals surface area contributed by atoms with E-state index in [1.807, 2.05) is 0 Å². The molecule has 7 heteroatoms. The van der Waals surface area contributed by atoms with E-state index in [1.165, 1.54) is 19.2 Å². The number of rotatable bonds is 5. The number of benzene rings is 2. The van der Waals surface area contributed by atoms with E-state index >= 15 is 0 Å². The molecule has 0 aliphatic rings. The van der Waals surface area contributed by atoms with E-state index in [0.29, 0.717) is 10.6 Å². The van der Waals surface area contributed by atoms with Crippen LogP contribution in [0.3, 0.4) is 0 Å². The molecule has 0 spiro atoms. The molecule has 2 rings (SSSR count). The van der Waals surface area contributed by atoms with Crippen molar-refractivity contribution in [3.8, 4) is 0 Å². The first kappa shape index (κ1) is 18.3. The van der Waals surface area contributed by atoms with Crippen molar-refractivity contribution in [1.29, 1.82) is 0 Å². The SMILES string of the molecule is CO[C@@H](CNC(=O)c1ccccc1C(F)(F)F)c1ccccc1Cl. The van der Waals surface area contributed by atoms with Gasteiger partial charge in [0.1, 0.15) is 6.10 Å². The van der Waals surface area contributed by atoms with Gasteiger partial charge < -0.3 is 10.1 Å². The van der Waals surface area contributed by atoms with Gasteiger partial charge in [-0.05, 0) is 18.2 Å². The van der Waals surface area contributed by atoms with Crippen LogP contribution in [0, 0.1) is 0 Å². The molecule has 0 bridgehead atoms. The molecule has 1 atom stereocenters. The minimum absolute atomic E-state index is 0.00867. The van der Waals surface area contributed by atoms with E-state index in [-0.39, 0.29) is 6.54 Å². The lowest BCUT2D eigenvalue weighted by Gasteiger charge is -2.18. The molecule has 1 N–H and O–H groups in total. The van der Waals surface area contributed by atoms with E-state index in [2.05, 4.69) is 5.32 Å². The third kappa shape index (κ3) is 4.27. The largest absolute Gasteiger partial charge is 0.417 e. The summed E-state index contributed by atoms with van der Waals surface area (Å²) in [7, 11) is 1.43. The van der Waals surface area contributed by atoms with E-state index < -0.39 is 29.3 Å². The molecule has 0 radical (unpaired) electrons. The van der Waals surface area contributed by atoms with Gasteiger partial charge >= 0.3 is 6.18 Å². The Labute approximate surface area is 142 Å². The molecular formula is C17H15ClF3NO2. The van der Waals surface area contributed by atoms with Crippen molar-refractivity contribution in [3.05, 3.63) is 70.2 Å². The molecule has 128 valence electrons. The van der Waals surface area contributed by atoms with Crippen LogP contribution in [0.15, 0.2) is 48.5 Å². The maximum Gasteiger partial charge on any atom is 0.417 e. The fraction of sp³-hybridized carbons (Fsp3) is 0.235. The maximum absolute atomic E-state index is 13.0. The number of hydrogen-bond acceptors (Lipinski definition) is 2. The lowest BCUT2D eigenvalue weighted by atomic mass is 10.1. The Morgan fingerprint density at radius 2 is 1.79 bits per heavy atom. The fourth-order valence-corrected chi connectivity index (χ4v) is 2.52. The minimum Gasteiger partial charge on any atom is -0.375 e. The third-order valence-electron chi connectivity index (χ3n) is 3.46. The molecule has 0 unspecified atom stereocenters. The first-order valence-electron chi connectivity index (χ1n) is 7.06. The zero-order valence-corrected chi connectivity index (χ0v) is 13.5. The van der Waals surface area contributed by atoms with Gasteiger partial charge in [-0.15, -0.1) is 0 Å². The van der Waals surface area contributed by atoms with Gasteiger partial charge in [-0.3, -0.25) is 4.79 Å². The highest BCUT2D eigenvalue weighted by molar-refractivity contribution is 6.31. The molecule has 0 saturated carbocycles. The van der Waals surface area contributed by atoms with Crippen LogP contribution in [0.5, 0.6) is 0 Å². The van der Waals surface area contributed by atoms with Crippen molar-refractivity contribution in [2.24, 2.45) is 0 Å². The van der Waals surface area contributed by atoms with E-state index in [4.69, 9.17) is 16.3 Å². The van der Waals surface area contributed by atoms with E-state index in [9.17, 15) is 18.0 Å². The third-order valence-corrected chi connectivity index (χ3v) is 3.81. The standard InChI is InChI=1S/C17H15ClF3NO2/c1-24-15(12-7-3-5-9-14(12)18)10-22-16(23)11-6-2-4-8-13(11)17(19,20)21/h2-9,15H,10H2,1H3,(H,22,23)/t15-/m0/s1. The van der Waals surface area contributed by atoms with Gasteiger partial charge in [0.25, 0.3) is 5.91 Å². The Hall–Kier alpha value is -2.05. The Morgan fingerprint density at radius 1 is 1.17 bits per heavy atom. The summed E-state index contributed by atoms with van der Waals surface area (Å²) in [5, 5.41) is 2.92. The van der Waals surface area contributed by atoms with Crippen molar-refractivity contribution in [2.75, 3.05) is 13.7 Å². The summed E-state index contributed by atoms with van der Waals surface area (Å²) in [5.41, 5.74) is -0.765. The molecule has 0 fully saturated rings. The van der Waals surface area contributed by atoms with Crippen LogP contribution in [0.2, 0.25) is 5.02 Å². The second kappa shape index (κ2) is 7.68. The highest BCUT2D eigenvalue weighted by atomic mass is 35.5. The van der Waals surface area contributed by atoms with Crippen molar-refractivity contribution in [1.82, 2.24) is 5.32 Å². The second-order valence-corrected chi connectivity index (χ2v) is 5.41. The summed E-state index contributed by atoms with van der Waals surface area (Å²) in [5.74, 6) is -0.822. The quantitative estimate of drug-likeness (QED) is 0.857. The molecule has 24 heavy (non-hydrogen) atoms. The van der Waals surface area contributed by atoms with Gasteiger partial charge in [0.15, 0.2) is 0 Å². The first-order chi connectivity index (χ1) is 11.3. The van der Waals surface area contributed by atoms with Crippen LogP contribution in [0.1, 0.15) is 27.6 Å². The first-order valence-corrected chi connectivity index (χ1v) is 7.44. The second-order valence-electron chi connectivity index (χ2n) is 5.00. The molecule has 0 aliphatic heterocycles. The van der Waals surface area contributed by atoms with E-state index in [1.54, 1.807) is 24.3 Å². The van der Waals surface area contributed by atoms with Crippen LogP contribution in [-0.2, 0) is 10.9 Å². The smallest absolute Gasteiger partial charge is 0.375 e. The van der Waals surface area contributed by atoms with Crippen molar-refractivity contribution < 1.29 is 22.7 Å². The Balaban J connectivity index is 2.15. The van der Waals surface area contributed by atoms with Crippen molar-refractivity contribution in [3.63, 3.8) is 0 Å². The molecule has 3 nitrogen and oxygen atoms in total. The molecule has 1 amide bonds. The number of amides is 1. The summed E-state index contributed by atoms with van der Waals surface area (Å²) < 4.78 is 44.2. The van der Waals surface area contributed by atoms with Gasteiger partial charge in [0.2, 0.25) is 0 Å². The number of carbonyl (C=O) groups excluding carboxylic acids is 1. The molecule has 2 aromatic rings. The van der Waals surface area contributed by atoms with Gasteiger partial charge in [-0.1, -0.05) is 41.9 Å². The predicted octanol–water partition coefficient (Wildman–Crippen LogP) is 4.48. The van der Waals surface area contributed by atoms with Crippen LogP contribution in [0.25, 0.3) is 0 Å². The van der Waals surface area contributed by atoms with Crippen LogP contribution in [0.4, 0.5) is 13.2 Å². The zero-order chi connectivity index (χ0) is 17.7. The van der Waals surface area contributed by atoms with Crippen LogP contribution < -0.4 is 5.32 Å². The lowest BCUT2D eigenvalue weighted by Crippen LogP contribution is -2.30. The highest BCUT2D eigenvalue weighted by Gasteiger charge is 2.34. The Morgan fingerprint density at radius 3 is 2.42 bits per heavy atom. The van der Waals surface area contributed by atoms with E-state index in [0.717, 1.165) is 12.1 Å². The molecule has 0 aliphatic carbocycles. The molecule has 2 aromatic carbocycles. The Bertz CT molecular complexity index is 719. The predicted molar refractivity (Wildman–Crippen MR) is 85.0 cm³/mol. The number of nitrogens with one attached hydrogen (secondary N) is 1. The lowest BCUT2D eigenvalue weighted by molar-refractivity contribution is -0.137. The highest BCUT2D eigenvalue weighted by Crippen LogP contribution is 2.32. The number of methoxy groups -OCH3 is 1. The van der Waals surface area contributed by atoms with Gasteiger partial charge in [0, 0.05) is 24.2 Å². The average molecular weight is 358 g/mol. The summed E-state index contributed by atoms with van der Waals surface area (Å²) in [4.78, 5) is 12.1. The molecule has 0 aromatic heterocycles. The number of carbonyl (C=O) groups is 1.